The second-order valence-electron chi connectivity index (χ2n) is 10.3. The van der Waals surface area contributed by atoms with E-state index in [1.54, 1.807) is 28.3 Å². The third kappa shape index (κ3) is 4.17. The van der Waals surface area contributed by atoms with Gasteiger partial charge < -0.3 is 19.7 Å². The van der Waals surface area contributed by atoms with Crippen LogP contribution in [0.15, 0.2) is 61.1 Å². The molecular weight excluding hydrogens is 454 g/mol. The second-order valence-corrected chi connectivity index (χ2v) is 10.3. The molecule has 1 N–H and O–H groups in total. The van der Waals surface area contributed by atoms with Gasteiger partial charge in [0.15, 0.2) is 0 Å². The van der Waals surface area contributed by atoms with E-state index in [1.165, 1.54) is 0 Å². The van der Waals surface area contributed by atoms with Crippen LogP contribution in [0.5, 0.6) is 0 Å². The van der Waals surface area contributed by atoms with Crippen molar-refractivity contribution in [2.75, 3.05) is 23.3 Å². The van der Waals surface area contributed by atoms with E-state index in [1.807, 2.05) is 54.1 Å². The Hall–Kier alpha value is -3.94. The van der Waals surface area contributed by atoms with Crippen LogP contribution in [0.2, 0.25) is 0 Å². The van der Waals surface area contributed by atoms with Gasteiger partial charge in [-0.25, -0.2) is 4.98 Å². The third-order valence-corrected chi connectivity index (χ3v) is 7.65. The minimum Gasteiger partial charge on any atom is -0.326 e. The highest BCUT2D eigenvalue weighted by molar-refractivity contribution is 6.03. The molecule has 0 radical (unpaired) electrons. The molecule has 3 amide bonds. The summed E-state index contributed by atoms with van der Waals surface area (Å²) in [7, 11) is 0. The first-order valence-electron chi connectivity index (χ1n) is 12.5. The summed E-state index contributed by atoms with van der Waals surface area (Å²) in [5.41, 5.74) is 3.91. The summed E-state index contributed by atoms with van der Waals surface area (Å²) >= 11 is 0. The molecule has 6 rings (SSSR count). The van der Waals surface area contributed by atoms with Gasteiger partial charge in [-0.15, -0.1) is 0 Å². The number of likely N-dealkylation sites (tertiary alicyclic amines) is 1. The quantitative estimate of drug-likeness (QED) is 0.596. The Morgan fingerprint density at radius 2 is 1.89 bits per heavy atom. The Balaban J connectivity index is 1.19. The van der Waals surface area contributed by atoms with E-state index in [4.69, 9.17) is 0 Å². The van der Waals surface area contributed by atoms with Crippen molar-refractivity contribution in [1.82, 2.24) is 14.5 Å². The molecule has 184 valence electrons. The summed E-state index contributed by atoms with van der Waals surface area (Å²) in [6.07, 6.45) is 7.84. The lowest BCUT2D eigenvalue weighted by Gasteiger charge is -2.25. The molecule has 3 aromatic rings. The largest absolute Gasteiger partial charge is 0.326 e. The molecule has 1 atom stereocenters. The monoisotopic (exact) mass is 483 g/mol. The number of nitrogens with one attached hydrogen (secondary N) is 1. The number of amides is 3. The van der Waals surface area contributed by atoms with Crippen LogP contribution < -0.4 is 10.2 Å². The number of hydrogen-bond donors (Lipinski definition) is 1. The van der Waals surface area contributed by atoms with E-state index < -0.39 is 6.04 Å². The van der Waals surface area contributed by atoms with Gasteiger partial charge in [0.2, 0.25) is 11.8 Å². The Kier molecular flexibility index (Phi) is 5.39. The highest BCUT2D eigenvalue weighted by Gasteiger charge is 2.55. The van der Waals surface area contributed by atoms with Gasteiger partial charge in [-0.3, -0.25) is 14.4 Å². The maximum absolute atomic E-state index is 13.6. The summed E-state index contributed by atoms with van der Waals surface area (Å²) in [6.45, 7) is 3.21. The molecular formula is C28H29N5O3. The lowest BCUT2D eigenvalue weighted by atomic mass is 10.0. The van der Waals surface area contributed by atoms with E-state index in [9.17, 15) is 14.4 Å². The standard InChI is InChI=1S/C28H29N5O3/c1-19-16-31(18-29-19)22-9-7-21(8-10-22)30-26(35)24-15-28(11-12-28)17-33(24)27(36)20-4-2-5-23(14-20)32-13-3-6-25(32)34/h2,4-5,7-10,14,16,18,24H,3,6,11-13,15,17H2,1H3,(H,30,35)/t24-/m0/s1. The molecule has 3 aliphatic rings. The number of carbonyl (C=O) groups excluding carboxylic acids is 3. The lowest BCUT2D eigenvalue weighted by molar-refractivity contribution is -0.120. The van der Waals surface area contributed by atoms with E-state index in [0.717, 1.165) is 36.3 Å². The Morgan fingerprint density at radius 3 is 2.56 bits per heavy atom. The molecule has 3 fully saturated rings. The summed E-state index contributed by atoms with van der Waals surface area (Å²) in [5.74, 6) is -0.230. The normalized spacial score (nSPS) is 20.2. The number of hydrogen-bond acceptors (Lipinski definition) is 4. The van der Waals surface area contributed by atoms with Crippen molar-refractivity contribution >= 4 is 29.1 Å². The van der Waals surface area contributed by atoms with Gasteiger partial charge >= 0.3 is 0 Å². The van der Waals surface area contributed by atoms with Crippen molar-refractivity contribution in [3.8, 4) is 5.69 Å². The van der Waals surface area contributed by atoms with Gasteiger partial charge in [-0.05, 0) is 80.5 Å². The predicted octanol–water partition coefficient (Wildman–Crippen LogP) is 3.94. The van der Waals surface area contributed by atoms with Crippen molar-refractivity contribution in [1.29, 1.82) is 0 Å². The smallest absolute Gasteiger partial charge is 0.254 e. The zero-order chi connectivity index (χ0) is 24.9. The van der Waals surface area contributed by atoms with E-state index in [2.05, 4.69) is 10.3 Å². The average molecular weight is 484 g/mol. The van der Waals surface area contributed by atoms with Crippen LogP contribution >= 0.6 is 0 Å². The summed E-state index contributed by atoms with van der Waals surface area (Å²) in [4.78, 5) is 46.9. The molecule has 3 heterocycles. The number of aromatic nitrogens is 2. The zero-order valence-corrected chi connectivity index (χ0v) is 20.3. The van der Waals surface area contributed by atoms with E-state index in [0.29, 0.717) is 37.2 Å². The van der Waals surface area contributed by atoms with Crippen molar-refractivity contribution in [3.05, 3.63) is 72.3 Å². The molecule has 1 aliphatic carbocycles. The molecule has 2 saturated heterocycles. The van der Waals surface area contributed by atoms with E-state index >= 15 is 0 Å². The van der Waals surface area contributed by atoms with Crippen LogP contribution in [-0.4, -0.2) is 51.3 Å². The maximum atomic E-state index is 13.6. The number of aryl methyl sites for hydroxylation is 1. The molecule has 0 bridgehead atoms. The average Bonchev–Trinajstić information content (AvgIpc) is 3.18. The fourth-order valence-electron chi connectivity index (χ4n) is 5.44. The Labute approximate surface area is 209 Å². The Morgan fingerprint density at radius 1 is 1.08 bits per heavy atom. The van der Waals surface area contributed by atoms with E-state index in [-0.39, 0.29) is 23.1 Å². The van der Waals surface area contributed by atoms with Crippen LogP contribution in [0.3, 0.4) is 0 Å². The minimum atomic E-state index is -0.520. The Bertz CT molecular complexity index is 1340. The molecule has 1 saturated carbocycles. The number of carbonyl (C=O) groups is 3. The van der Waals surface area contributed by atoms with Gasteiger partial charge in [-0.2, -0.15) is 0 Å². The summed E-state index contributed by atoms with van der Waals surface area (Å²) in [5, 5.41) is 3.02. The van der Waals surface area contributed by atoms with Crippen molar-refractivity contribution in [3.63, 3.8) is 0 Å². The molecule has 36 heavy (non-hydrogen) atoms. The van der Waals surface area contributed by atoms with Crippen molar-refractivity contribution in [2.24, 2.45) is 5.41 Å². The predicted molar refractivity (Wildman–Crippen MR) is 136 cm³/mol. The topological polar surface area (TPSA) is 87.5 Å². The van der Waals surface area contributed by atoms with Crippen LogP contribution in [0, 0.1) is 12.3 Å². The zero-order valence-electron chi connectivity index (χ0n) is 20.3. The highest BCUT2D eigenvalue weighted by Crippen LogP contribution is 2.55. The molecule has 2 aromatic carbocycles. The summed E-state index contributed by atoms with van der Waals surface area (Å²) < 4.78 is 1.93. The van der Waals surface area contributed by atoms with Crippen LogP contribution in [0.25, 0.3) is 5.69 Å². The fourth-order valence-corrected chi connectivity index (χ4v) is 5.44. The number of rotatable bonds is 5. The molecule has 8 nitrogen and oxygen atoms in total. The number of imidazole rings is 1. The first-order valence-corrected chi connectivity index (χ1v) is 12.5. The minimum absolute atomic E-state index is 0.0589. The molecule has 0 unspecified atom stereocenters. The molecule has 8 heteroatoms. The number of anilines is 2. The SMILES string of the molecule is Cc1cn(-c2ccc(NC(=O)[C@@H]3CC4(CC4)CN3C(=O)c3cccc(N4CCCC4=O)c3)cc2)cn1. The van der Waals surface area contributed by atoms with Crippen LogP contribution in [0.4, 0.5) is 11.4 Å². The number of benzene rings is 2. The van der Waals surface area contributed by atoms with Gasteiger partial charge in [0.1, 0.15) is 6.04 Å². The first kappa shape index (κ1) is 22.5. The molecule has 1 aromatic heterocycles. The van der Waals surface area contributed by atoms with Gasteiger partial charge in [0, 0.05) is 48.3 Å². The van der Waals surface area contributed by atoms with Gasteiger partial charge in [-0.1, -0.05) is 6.07 Å². The highest BCUT2D eigenvalue weighted by atomic mass is 16.2. The fraction of sp³-hybridized carbons (Fsp3) is 0.357. The van der Waals surface area contributed by atoms with Crippen molar-refractivity contribution in [2.45, 2.75) is 45.1 Å². The maximum Gasteiger partial charge on any atom is 0.254 e. The first-order chi connectivity index (χ1) is 17.4. The molecule has 1 spiro atoms. The van der Waals surface area contributed by atoms with Gasteiger partial charge in [0.05, 0.1) is 12.0 Å². The van der Waals surface area contributed by atoms with Gasteiger partial charge in [0.25, 0.3) is 5.91 Å². The van der Waals surface area contributed by atoms with Crippen LogP contribution in [-0.2, 0) is 9.59 Å². The molecule has 2 aliphatic heterocycles. The number of nitrogens with zero attached hydrogens (tertiary/aromatic N) is 4. The lowest BCUT2D eigenvalue weighted by Crippen LogP contribution is -2.43. The van der Waals surface area contributed by atoms with Crippen LogP contribution in [0.1, 0.15) is 48.2 Å². The second kappa shape index (κ2) is 8.62. The summed E-state index contributed by atoms with van der Waals surface area (Å²) in [6, 6.07) is 14.3. The van der Waals surface area contributed by atoms with Crippen molar-refractivity contribution < 1.29 is 14.4 Å². The third-order valence-electron chi connectivity index (χ3n) is 7.65.